The zero-order chi connectivity index (χ0) is 14.9. The van der Waals surface area contributed by atoms with Gasteiger partial charge in [0.1, 0.15) is 5.69 Å². The Hall–Kier alpha value is -3.22. The first-order chi connectivity index (χ1) is 10.8. The van der Waals surface area contributed by atoms with Gasteiger partial charge in [0.05, 0.1) is 24.7 Å². The lowest BCUT2D eigenvalue weighted by molar-refractivity contribution is 0.408. The SMILES string of the molecule is O=c1c2ncccc2ncn1Cc1cc(-c2ccco2)on1. The molecule has 22 heavy (non-hydrogen) atoms. The zero-order valence-corrected chi connectivity index (χ0v) is 11.3. The zero-order valence-electron chi connectivity index (χ0n) is 11.3. The molecule has 0 saturated carbocycles. The lowest BCUT2D eigenvalue weighted by Crippen LogP contribution is -2.22. The van der Waals surface area contributed by atoms with Gasteiger partial charge in [-0.05, 0) is 24.3 Å². The largest absolute Gasteiger partial charge is 0.461 e. The molecule has 0 radical (unpaired) electrons. The van der Waals surface area contributed by atoms with E-state index >= 15 is 0 Å². The third kappa shape index (κ3) is 2.08. The fourth-order valence-electron chi connectivity index (χ4n) is 2.19. The Morgan fingerprint density at radius 3 is 2.95 bits per heavy atom. The first-order valence-corrected chi connectivity index (χ1v) is 6.61. The van der Waals surface area contributed by atoms with E-state index < -0.39 is 0 Å². The molecule has 0 fully saturated rings. The molecule has 4 heterocycles. The van der Waals surface area contributed by atoms with Crippen molar-refractivity contribution in [3.05, 3.63) is 65.2 Å². The standard InChI is InChI=1S/C15H10N4O3/c20-15-14-11(3-1-5-16-14)17-9-19(15)8-10-7-13(22-18-10)12-4-2-6-21-12/h1-7,9H,8H2. The molecule has 4 aromatic rings. The molecule has 0 atom stereocenters. The molecule has 0 saturated heterocycles. The second-order valence-electron chi connectivity index (χ2n) is 4.71. The molecule has 0 N–H and O–H groups in total. The Bertz CT molecular complexity index is 985. The fraction of sp³-hybridized carbons (Fsp3) is 0.0667. The summed E-state index contributed by atoms with van der Waals surface area (Å²) in [7, 11) is 0. The van der Waals surface area contributed by atoms with Crippen LogP contribution in [0.5, 0.6) is 0 Å². The van der Waals surface area contributed by atoms with Gasteiger partial charge in [-0.2, -0.15) is 0 Å². The molecule has 0 amide bonds. The minimum Gasteiger partial charge on any atom is -0.461 e. The molecule has 7 nitrogen and oxygen atoms in total. The predicted octanol–water partition coefficient (Wildman–Crippen LogP) is 2.09. The number of fused-ring (bicyclic) bond motifs is 1. The highest BCUT2D eigenvalue weighted by Crippen LogP contribution is 2.20. The quantitative estimate of drug-likeness (QED) is 0.575. The lowest BCUT2D eigenvalue weighted by Gasteiger charge is -2.02. The molecule has 0 aliphatic carbocycles. The van der Waals surface area contributed by atoms with Crippen LogP contribution in [0.25, 0.3) is 22.6 Å². The van der Waals surface area contributed by atoms with E-state index in [2.05, 4.69) is 15.1 Å². The van der Waals surface area contributed by atoms with Crippen molar-refractivity contribution < 1.29 is 8.94 Å². The molecule has 0 spiro atoms. The van der Waals surface area contributed by atoms with E-state index in [1.165, 1.54) is 10.9 Å². The monoisotopic (exact) mass is 294 g/mol. The smallest absolute Gasteiger partial charge is 0.280 e. The predicted molar refractivity (Wildman–Crippen MR) is 77.1 cm³/mol. The van der Waals surface area contributed by atoms with Crippen LogP contribution in [0.2, 0.25) is 0 Å². The summed E-state index contributed by atoms with van der Waals surface area (Å²) in [6.07, 6.45) is 4.61. The molecular weight excluding hydrogens is 284 g/mol. The summed E-state index contributed by atoms with van der Waals surface area (Å²) in [5, 5.41) is 3.95. The van der Waals surface area contributed by atoms with Crippen LogP contribution in [-0.2, 0) is 6.54 Å². The van der Waals surface area contributed by atoms with Crippen LogP contribution in [-0.4, -0.2) is 19.7 Å². The summed E-state index contributed by atoms with van der Waals surface area (Å²) >= 11 is 0. The van der Waals surface area contributed by atoms with E-state index in [9.17, 15) is 4.79 Å². The molecule has 0 aliphatic heterocycles. The highest BCUT2D eigenvalue weighted by Gasteiger charge is 2.11. The Labute approximate surface area is 123 Å². The maximum Gasteiger partial charge on any atom is 0.280 e. The maximum absolute atomic E-state index is 12.4. The number of hydrogen-bond acceptors (Lipinski definition) is 6. The first-order valence-electron chi connectivity index (χ1n) is 6.61. The van der Waals surface area contributed by atoms with Crippen molar-refractivity contribution in [3.63, 3.8) is 0 Å². The van der Waals surface area contributed by atoms with E-state index in [0.29, 0.717) is 28.2 Å². The van der Waals surface area contributed by atoms with Gasteiger partial charge in [0.25, 0.3) is 5.56 Å². The van der Waals surface area contributed by atoms with Crippen molar-refractivity contribution in [2.24, 2.45) is 0 Å². The highest BCUT2D eigenvalue weighted by atomic mass is 16.5. The summed E-state index contributed by atoms with van der Waals surface area (Å²) in [4.78, 5) is 20.6. The van der Waals surface area contributed by atoms with Crippen LogP contribution in [0.15, 0.2) is 62.9 Å². The lowest BCUT2D eigenvalue weighted by atomic mass is 10.3. The van der Waals surface area contributed by atoms with Crippen molar-refractivity contribution in [1.82, 2.24) is 19.7 Å². The second-order valence-corrected chi connectivity index (χ2v) is 4.71. The van der Waals surface area contributed by atoms with E-state index in [1.807, 2.05) is 0 Å². The van der Waals surface area contributed by atoms with E-state index in [4.69, 9.17) is 8.94 Å². The average Bonchev–Trinajstić information content (AvgIpc) is 3.21. The van der Waals surface area contributed by atoms with Crippen LogP contribution in [0.3, 0.4) is 0 Å². The summed E-state index contributed by atoms with van der Waals surface area (Å²) in [6, 6.07) is 8.76. The summed E-state index contributed by atoms with van der Waals surface area (Å²) in [6.45, 7) is 0.253. The van der Waals surface area contributed by atoms with Gasteiger partial charge in [-0.25, -0.2) is 9.97 Å². The number of furan rings is 1. The molecule has 0 aliphatic rings. The number of rotatable bonds is 3. The molecule has 4 aromatic heterocycles. The van der Waals surface area contributed by atoms with E-state index in [-0.39, 0.29) is 12.1 Å². The van der Waals surface area contributed by atoms with Gasteiger partial charge < -0.3 is 8.94 Å². The molecule has 4 rings (SSSR count). The van der Waals surface area contributed by atoms with E-state index in [1.54, 1.807) is 42.8 Å². The third-order valence-corrected chi connectivity index (χ3v) is 3.24. The molecule has 0 aromatic carbocycles. The summed E-state index contributed by atoms with van der Waals surface area (Å²) < 4.78 is 11.9. The third-order valence-electron chi connectivity index (χ3n) is 3.24. The first kappa shape index (κ1) is 12.5. The van der Waals surface area contributed by atoms with Crippen molar-refractivity contribution in [2.75, 3.05) is 0 Å². The van der Waals surface area contributed by atoms with E-state index in [0.717, 1.165) is 0 Å². The van der Waals surface area contributed by atoms with Crippen molar-refractivity contribution >= 4 is 11.0 Å². The maximum atomic E-state index is 12.4. The Morgan fingerprint density at radius 2 is 2.09 bits per heavy atom. The molecule has 0 unspecified atom stereocenters. The normalized spacial score (nSPS) is 11.1. The summed E-state index contributed by atoms with van der Waals surface area (Å²) in [5.74, 6) is 1.10. The fourth-order valence-corrected chi connectivity index (χ4v) is 2.19. The van der Waals surface area contributed by atoms with Gasteiger partial charge in [-0.1, -0.05) is 5.16 Å². The van der Waals surface area contributed by atoms with Gasteiger partial charge in [-0.15, -0.1) is 0 Å². The molecule has 108 valence electrons. The van der Waals surface area contributed by atoms with Crippen LogP contribution in [0.4, 0.5) is 0 Å². The number of aromatic nitrogens is 4. The van der Waals surface area contributed by atoms with Gasteiger partial charge in [-0.3, -0.25) is 9.36 Å². The van der Waals surface area contributed by atoms with Crippen LogP contribution in [0.1, 0.15) is 5.69 Å². The minimum absolute atomic E-state index is 0.215. The second kappa shape index (κ2) is 4.96. The van der Waals surface area contributed by atoms with Gasteiger partial charge in [0.2, 0.25) is 5.76 Å². The van der Waals surface area contributed by atoms with Crippen molar-refractivity contribution in [3.8, 4) is 11.5 Å². The van der Waals surface area contributed by atoms with Crippen LogP contribution in [0, 0.1) is 0 Å². The van der Waals surface area contributed by atoms with Crippen molar-refractivity contribution in [2.45, 2.75) is 6.54 Å². The Kier molecular flexibility index (Phi) is 2.82. The van der Waals surface area contributed by atoms with Gasteiger partial charge in [0.15, 0.2) is 11.3 Å². The Balaban J connectivity index is 1.69. The van der Waals surface area contributed by atoms with Crippen LogP contribution < -0.4 is 5.56 Å². The molecular formula is C15H10N4O3. The summed E-state index contributed by atoms with van der Waals surface area (Å²) in [5.41, 5.74) is 1.29. The minimum atomic E-state index is -0.215. The molecule has 0 bridgehead atoms. The van der Waals surface area contributed by atoms with Gasteiger partial charge >= 0.3 is 0 Å². The number of nitrogens with zero attached hydrogens (tertiary/aromatic N) is 4. The average molecular weight is 294 g/mol. The van der Waals surface area contributed by atoms with Crippen molar-refractivity contribution in [1.29, 1.82) is 0 Å². The highest BCUT2D eigenvalue weighted by molar-refractivity contribution is 5.71. The van der Waals surface area contributed by atoms with Crippen LogP contribution >= 0.6 is 0 Å². The topological polar surface area (TPSA) is 87.0 Å². The number of pyridine rings is 1. The Morgan fingerprint density at radius 1 is 1.14 bits per heavy atom. The molecule has 7 heteroatoms. The number of hydrogen-bond donors (Lipinski definition) is 0. The van der Waals surface area contributed by atoms with Gasteiger partial charge in [0, 0.05) is 12.3 Å².